The Hall–Kier alpha value is -1.49. The average Bonchev–Trinajstić information content (AvgIpc) is 2.90. The number of aromatic nitrogens is 2. The summed E-state index contributed by atoms with van der Waals surface area (Å²) in [6.07, 6.45) is 4.14. The first-order valence-electron chi connectivity index (χ1n) is 6.39. The Morgan fingerprint density at radius 1 is 1.56 bits per heavy atom. The molecule has 1 saturated heterocycles. The number of hydrogen-bond donors (Lipinski definition) is 1. The first-order chi connectivity index (χ1) is 8.61. The van der Waals surface area contributed by atoms with E-state index in [9.17, 15) is 4.79 Å². The second-order valence-corrected chi connectivity index (χ2v) is 5.04. The van der Waals surface area contributed by atoms with Gasteiger partial charge in [0.05, 0.1) is 11.3 Å². The van der Waals surface area contributed by atoms with E-state index in [1.807, 2.05) is 25.8 Å². The summed E-state index contributed by atoms with van der Waals surface area (Å²) >= 11 is 0. The van der Waals surface area contributed by atoms with Crippen LogP contribution in [0.4, 0.5) is 0 Å². The lowest BCUT2D eigenvalue weighted by atomic mass is 10.0. The fraction of sp³-hybridized carbons (Fsp3) is 0.615. The number of carbonyl (C=O) groups excluding carboxylic acids is 1. The van der Waals surface area contributed by atoms with Crippen LogP contribution >= 0.6 is 0 Å². The quantitative estimate of drug-likeness (QED) is 0.868. The molecule has 1 amide bonds. The Morgan fingerprint density at radius 3 is 2.94 bits per heavy atom. The van der Waals surface area contributed by atoms with Crippen LogP contribution in [0.25, 0.3) is 0 Å². The smallest absolute Gasteiger partial charge is 0.257 e. The molecule has 1 aromatic heterocycles. The van der Waals surface area contributed by atoms with Crippen LogP contribution in [0.2, 0.25) is 0 Å². The van der Waals surface area contributed by atoms with E-state index in [1.165, 1.54) is 6.33 Å². The van der Waals surface area contributed by atoms with Gasteiger partial charge in [0.25, 0.3) is 5.91 Å². The molecule has 0 spiro atoms. The monoisotopic (exact) mass is 248 g/mol. The molecule has 2 heterocycles. The van der Waals surface area contributed by atoms with E-state index in [2.05, 4.69) is 15.3 Å². The van der Waals surface area contributed by atoms with E-state index in [1.54, 1.807) is 6.20 Å². The van der Waals surface area contributed by atoms with Gasteiger partial charge in [0.1, 0.15) is 6.33 Å². The number of rotatable bonds is 3. The maximum Gasteiger partial charge on any atom is 0.257 e. The largest absolute Gasteiger partial charge is 0.337 e. The van der Waals surface area contributed by atoms with Gasteiger partial charge in [0, 0.05) is 25.8 Å². The first-order valence-corrected chi connectivity index (χ1v) is 6.39. The number of hydrogen-bond acceptors (Lipinski definition) is 4. The van der Waals surface area contributed by atoms with Crippen molar-refractivity contribution in [3.63, 3.8) is 0 Å². The second-order valence-electron chi connectivity index (χ2n) is 5.04. The van der Waals surface area contributed by atoms with Gasteiger partial charge in [-0.15, -0.1) is 0 Å². The lowest BCUT2D eigenvalue weighted by Gasteiger charge is -2.24. The highest BCUT2D eigenvalue weighted by Crippen LogP contribution is 2.18. The van der Waals surface area contributed by atoms with Crippen LogP contribution in [-0.4, -0.2) is 47.0 Å². The van der Waals surface area contributed by atoms with Crippen molar-refractivity contribution in [3.05, 3.63) is 23.8 Å². The minimum absolute atomic E-state index is 0.0213. The topological polar surface area (TPSA) is 58.1 Å². The van der Waals surface area contributed by atoms with Gasteiger partial charge in [-0.25, -0.2) is 9.97 Å². The Morgan fingerprint density at radius 2 is 2.33 bits per heavy atom. The molecule has 18 heavy (non-hydrogen) atoms. The molecule has 5 heteroatoms. The van der Waals surface area contributed by atoms with E-state index < -0.39 is 0 Å². The van der Waals surface area contributed by atoms with Crippen molar-refractivity contribution in [2.75, 3.05) is 20.1 Å². The maximum absolute atomic E-state index is 12.5. The fourth-order valence-corrected chi connectivity index (χ4v) is 2.29. The standard InChI is InChI=1S/C13H20N4O/c1-9(2)12-11(7-15-8-16-12)13(18)17(3)10-4-5-14-6-10/h7-10,14H,4-6H2,1-3H3. The molecule has 0 aromatic carbocycles. The molecule has 1 aliphatic heterocycles. The van der Waals surface area contributed by atoms with Crippen LogP contribution < -0.4 is 5.32 Å². The number of carbonyl (C=O) groups is 1. The summed E-state index contributed by atoms with van der Waals surface area (Å²) in [5, 5.41) is 3.27. The SMILES string of the molecule is CC(C)c1ncncc1C(=O)N(C)C1CCNC1. The van der Waals surface area contributed by atoms with Crippen molar-refractivity contribution < 1.29 is 4.79 Å². The molecule has 2 rings (SSSR count). The van der Waals surface area contributed by atoms with Crippen LogP contribution in [0.1, 0.15) is 42.2 Å². The van der Waals surface area contributed by atoms with Crippen LogP contribution in [0, 0.1) is 0 Å². The fourth-order valence-electron chi connectivity index (χ4n) is 2.29. The average molecular weight is 248 g/mol. The van der Waals surface area contributed by atoms with Crippen molar-refractivity contribution in [1.29, 1.82) is 0 Å². The van der Waals surface area contributed by atoms with Crippen molar-refractivity contribution in [1.82, 2.24) is 20.2 Å². The lowest BCUT2D eigenvalue weighted by Crippen LogP contribution is -2.39. The molecule has 1 unspecified atom stereocenters. The van der Waals surface area contributed by atoms with E-state index in [-0.39, 0.29) is 17.9 Å². The third-order valence-corrected chi connectivity index (χ3v) is 3.42. The summed E-state index contributed by atoms with van der Waals surface area (Å²) in [6.45, 7) is 5.92. The predicted octanol–water partition coefficient (Wildman–Crippen LogP) is 1.03. The zero-order valence-corrected chi connectivity index (χ0v) is 11.2. The van der Waals surface area contributed by atoms with Crippen LogP contribution in [0.3, 0.4) is 0 Å². The molecular formula is C13H20N4O. The van der Waals surface area contributed by atoms with Crippen molar-refractivity contribution in [3.8, 4) is 0 Å². The van der Waals surface area contributed by atoms with Crippen molar-refractivity contribution in [2.45, 2.75) is 32.2 Å². The summed E-state index contributed by atoms with van der Waals surface area (Å²) in [5.74, 6) is 0.245. The van der Waals surface area contributed by atoms with Gasteiger partial charge in [-0.05, 0) is 18.9 Å². The van der Waals surface area contributed by atoms with Gasteiger partial charge in [0.2, 0.25) is 0 Å². The number of nitrogens with zero attached hydrogens (tertiary/aromatic N) is 3. The Balaban J connectivity index is 2.22. The zero-order valence-electron chi connectivity index (χ0n) is 11.2. The molecule has 1 atom stereocenters. The van der Waals surface area contributed by atoms with Gasteiger partial charge in [-0.2, -0.15) is 0 Å². The summed E-state index contributed by atoms with van der Waals surface area (Å²) < 4.78 is 0. The third kappa shape index (κ3) is 2.51. The summed E-state index contributed by atoms with van der Waals surface area (Å²) in [4.78, 5) is 22.5. The molecule has 0 bridgehead atoms. The first kappa shape index (κ1) is 13.0. The molecule has 0 saturated carbocycles. The normalized spacial score (nSPS) is 19.2. The summed E-state index contributed by atoms with van der Waals surface area (Å²) in [7, 11) is 1.86. The molecule has 1 N–H and O–H groups in total. The van der Waals surface area contributed by atoms with Crippen LogP contribution in [0.15, 0.2) is 12.5 Å². The highest BCUT2D eigenvalue weighted by atomic mass is 16.2. The van der Waals surface area contributed by atoms with E-state index in [0.717, 1.165) is 25.2 Å². The van der Waals surface area contributed by atoms with Crippen molar-refractivity contribution >= 4 is 5.91 Å². The van der Waals surface area contributed by atoms with E-state index >= 15 is 0 Å². The molecule has 1 aliphatic rings. The summed E-state index contributed by atoms with van der Waals surface area (Å²) in [6, 6.07) is 0.276. The Kier molecular flexibility index (Phi) is 3.91. The van der Waals surface area contributed by atoms with Gasteiger partial charge in [-0.3, -0.25) is 4.79 Å². The Labute approximate surface area is 108 Å². The second kappa shape index (κ2) is 5.44. The number of nitrogens with one attached hydrogen (secondary N) is 1. The molecule has 1 fully saturated rings. The zero-order chi connectivity index (χ0) is 13.1. The maximum atomic E-state index is 12.5. The minimum Gasteiger partial charge on any atom is -0.337 e. The van der Waals surface area contributed by atoms with Gasteiger partial charge < -0.3 is 10.2 Å². The molecule has 0 aliphatic carbocycles. The van der Waals surface area contributed by atoms with Gasteiger partial charge >= 0.3 is 0 Å². The molecule has 5 nitrogen and oxygen atoms in total. The molecule has 98 valence electrons. The summed E-state index contributed by atoms with van der Waals surface area (Å²) in [5.41, 5.74) is 1.45. The number of likely N-dealkylation sites (N-methyl/N-ethyl adjacent to an activating group) is 1. The van der Waals surface area contributed by atoms with Crippen molar-refractivity contribution in [2.24, 2.45) is 0 Å². The highest BCUT2D eigenvalue weighted by Gasteiger charge is 2.26. The Bertz CT molecular complexity index is 427. The van der Waals surface area contributed by atoms with Crippen LogP contribution in [-0.2, 0) is 0 Å². The molecular weight excluding hydrogens is 228 g/mol. The van der Waals surface area contributed by atoms with Crippen LogP contribution in [0.5, 0.6) is 0 Å². The highest BCUT2D eigenvalue weighted by molar-refractivity contribution is 5.95. The molecule has 1 aromatic rings. The number of amides is 1. The van der Waals surface area contributed by atoms with E-state index in [4.69, 9.17) is 0 Å². The lowest BCUT2D eigenvalue weighted by molar-refractivity contribution is 0.0741. The minimum atomic E-state index is 0.0213. The molecule has 0 radical (unpaired) electrons. The van der Waals surface area contributed by atoms with Gasteiger partial charge in [0.15, 0.2) is 0 Å². The van der Waals surface area contributed by atoms with Gasteiger partial charge in [-0.1, -0.05) is 13.8 Å². The van der Waals surface area contributed by atoms with E-state index in [0.29, 0.717) is 5.56 Å². The third-order valence-electron chi connectivity index (χ3n) is 3.42. The predicted molar refractivity (Wildman–Crippen MR) is 69.5 cm³/mol.